The summed E-state index contributed by atoms with van der Waals surface area (Å²) >= 11 is 0. The smallest absolute Gasteiger partial charge is 0.132 e. The van der Waals surface area contributed by atoms with E-state index in [1.807, 2.05) is 24.7 Å². The third-order valence-electron chi connectivity index (χ3n) is 13.4. The molecule has 4 aliphatic rings. The van der Waals surface area contributed by atoms with E-state index >= 15 is 0 Å². The molecule has 0 amide bonds. The molecular weight excluding hydrogens is 709 g/mol. The summed E-state index contributed by atoms with van der Waals surface area (Å²) in [6, 6.07) is 59.6. The van der Waals surface area contributed by atoms with E-state index in [-0.39, 0.29) is 0 Å². The highest BCUT2D eigenvalue weighted by atomic mass is 16.5. The zero-order valence-corrected chi connectivity index (χ0v) is 31.0. The fraction of sp³-hybridized carbons (Fsp3) is 0.0377. The quantitative estimate of drug-likeness (QED) is 0.168. The third-order valence-corrected chi connectivity index (χ3v) is 13.4. The van der Waals surface area contributed by atoms with Crippen LogP contribution in [0.15, 0.2) is 182 Å². The number of fused-ring (bicyclic) bond motifs is 22. The maximum Gasteiger partial charge on any atom is 0.132 e. The lowest BCUT2D eigenvalue weighted by atomic mass is 9.65. The van der Waals surface area contributed by atoms with Crippen molar-refractivity contribution in [2.75, 3.05) is 0 Å². The van der Waals surface area contributed by atoms with Gasteiger partial charge in [-0.15, -0.1) is 0 Å². The van der Waals surface area contributed by atoms with Crippen molar-refractivity contribution < 1.29 is 4.74 Å². The number of hydrogen-bond acceptors (Lipinski definition) is 4. The summed E-state index contributed by atoms with van der Waals surface area (Å²) in [6.07, 6.45) is 5.76. The Hall–Kier alpha value is -7.63. The van der Waals surface area contributed by atoms with E-state index in [0.29, 0.717) is 0 Å². The third kappa shape index (κ3) is 3.41. The molecule has 5 heteroatoms. The maximum atomic E-state index is 7.16. The van der Waals surface area contributed by atoms with Crippen LogP contribution < -0.4 is 4.74 Å². The largest absolute Gasteiger partial charge is 0.457 e. The molecular formula is C53H30N4O. The van der Waals surface area contributed by atoms with Crippen LogP contribution in [-0.4, -0.2) is 19.5 Å². The lowest BCUT2D eigenvalue weighted by molar-refractivity contribution is 0.435. The molecule has 0 saturated heterocycles. The van der Waals surface area contributed by atoms with Crippen LogP contribution in [0.25, 0.3) is 61.3 Å². The van der Waals surface area contributed by atoms with Crippen LogP contribution in [0.4, 0.5) is 0 Å². The van der Waals surface area contributed by atoms with Crippen LogP contribution >= 0.6 is 0 Å². The Morgan fingerprint density at radius 2 is 0.983 bits per heavy atom. The van der Waals surface area contributed by atoms with Gasteiger partial charge in [0.2, 0.25) is 0 Å². The molecule has 10 aromatic rings. The van der Waals surface area contributed by atoms with Crippen molar-refractivity contribution in [3.05, 3.63) is 227 Å². The molecule has 4 aromatic heterocycles. The number of aromatic nitrogens is 4. The van der Waals surface area contributed by atoms with Crippen LogP contribution in [0.5, 0.6) is 11.5 Å². The Bertz CT molecular complexity index is 3370. The molecule has 5 heterocycles. The van der Waals surface area contributed by atoms with Crippen molar-refractivity contribution >= 4 is 21.9 Å². The van der Waals surface area contributed by atoms with Gasteiger partial charge in [-0.3, -0.25) is 15.0 Å². The zero-order valence-electron chi connectivity index (χ0n) is 31.0. The van der Waals surface area contributed by atoms with Gasteiger partial charge in [0.15, 0.2) is 0 Å². The Kier molecular flexibility index (Phi) is 5.59. The van der Waals surface area contributed by atoms with Gasteiger partial charge in [0, 0.05) is 34.5 Å². The van der Waals surface area contributed by atoms with E-state index in [9.17, 15) is 0 Å². The fourth-order valence-electron chi connectivity index (χ4n) is 11.4. The number of ether oxygens (including phenoxy) is 1. The monoisotopic (exact) mass is 738 g/mol. The molecule has 5 nitrogen and oxygen atoms in total. The predicted octanol–water partition coefficient (Wildman–Crippen LogP) is 11.8. The highest BCUT2D eigenvalue weighted by Gasteiger charge is 2.56. The van der Waals surface area contributed by atoms with Gasteiger partial charge in [-0.1, -0.05) is 115 Å². The van der Waals surface area contributed by atoms with Crippen molar-refractivity contribution in [3.8, 4) is 50.8 Å². The van der Waals surface area contributed by atoms with Gasteiger partial charge in [0.1, 0.15) is 11.5 Å². The number of benzene rings is 6. The van der Waals surface area contributed by atoms with Crippen molar-refractivity contribution in [1.82, 2.24) is 19.5 Å². The molecule has 268 valence electrons. The summed E-state index contributed by atoms with van der Waals surface area (Å²) in [5.74, 6) is 1.68. The highest BCUT2D eigenvalue weighted by Crippen LogP contribution is 2.67. The van der Waals surface area contributed by atoms with Gasteiger partial charge >= 0.3 is 0 Å². The number of pyridine rings is 3. The summed E-state index contributed by atoms with van der Waals surface area (Å²) in [6.45, 7) is 0. The fourth-order valence-corrected chi connectivity index (χ4v) is 11.4. The minimum absolute atomic E-state index is 0.492. The van der Waals surface area contributed by atoms with Crippen LogP contribution in [0.2, 0.25) is 0 Å². The number of rotatable bonds is 1. The molecule has 0 bridgehead atoms. The number of nitrogens with zero attached hydrogens (tertiary/aromatic N) is 4. The molecule has 2 spiro atoms. The second-order valence-electron chi connectivity index (χ2n) is 15.8. The van der Waals surface area contributed by atoms with Crippen molar-refractivity contribution in [2.24, 2.45) is 0 Å². The molecule has 0 N–H and O–H groups in total. The van der Waals surface area contributed by atoms with E-state index in [1.165, 1.54) is 44.5 Å². The number of hydrogen-bond donors (Lipinski definition) is 0. The normalized spacial score (nSPS) is 16.6. The molecule has 6 aromatic carbocycles. The maximum absolute atomic E-state index is 7.16. The molecule has 0 fully saturated rings. The SMILES string of the molecule is c1ccc2c(c1)Oc1cc3c(cc1C21c2cccnc2-c2ncc(-n4c5ccccc5c5ncccc54)cc21)-c1ccccc1C31c2ccccc2-c2ccccc21. The first kappa shape index (κ1) is 30.6. The van der Waals surface area contributed by atoms with Crippen LogP contribution in [-0.2, 0) is 10.8 Å². The molecule has 0 saturated carbocycles. The van der Waals surface area contributed by atoms with Gasteiger partial charge in [-0.05, 0) is 98.6 Å². The van der Waals surface area contributed by atoms with E-state index in [2.05, 4.69) is 162 Å². The standard InChI is InChI=1S/C53H30N4O/c1-5-17-37-32(13-1)33-14-2-6-18-38(33)52(37)39-19-7-3-15-34(39)36-28-43-48(29-42(36)52)58-47-24-10-8-20-40(47)53(43)41-21-11-25-55-50(41)51-44(53)27-31(30-56-51)57-45-22-9-4-16-35(45)49-46(57)23-12-26-54-49/h1-30H. The van der Waals surface area contributed by atoms with Crippen LogP contribution in [0.1, 0.15) is 44.5 Å². The first-order valence-electron chi connectivity index (χ1n) is 19.8. The van der Waals surface area contributed by atoms with Gasteiger partial charge in [-0.25, -0.2) is 0 Å². The van der Waals surface area contributed by atoms with E-state index in [4.69, 9.17) is 19.7 Å². The van der Waals surface area contributed by atoms with Gasteiger partial charge in [0.05, 0.1) is 50.7 Å². The van der Waals surface area contributed by atoms with Crippen molar-refractivity contribution in [2.45, 2.75) is 10.8 Å². The Labute approximate surface area is 333 Å². The van der Waals surface area contributed by atoms with Crippen LogP contribution in [0.3, 0.4) is 0 Å². The molecule has 58 heavy (non-hydrogen) atoms. The lowest BCUT2D eigenvalue weighted by Gasteiger charge is -2.40. The highest BCUT2D eigenvalue weighted by molar-refractivity contribution is 6.07. The lowest BCUT2D eigenvalue weighted by Crippen LogP contribution is -2.33. The van der Waals surface area contributed by atoms with Gasteiger partial charge in [-0.2, -0.15) is 0 Å². The van der Waals surface area contributed by atoms with Gasteiger partial charge in [0.25, 0.3) is 0 Å². The average Bonchev–Trinajstić information content (AvgIpc) is 3.97. The first-order chi connectivity index (χ1) is 28.8. The summed E-state index contributed by atoms with van der Waals surface area (Å²) < 4.78 is 9.46. The topological polar surface area (TPSA) is 52.8 Å². The Morgan fingerprint density at radius 3 is 1.78 bits per heavy atom. The van der Waals surface area contributed by atoms with Crippen molar-refractivity contribution in [1.29, 1.82) is 0 Å². The Balaban J connectivity index is 1.11. The molecule has 1 atom stereocenters. The predicted molar refractivity (Wildman–Crippen MR) is 228 cm³/mol. The minimum atomic E-state index is -0.770. The summed E-state index contributed by atoms with van der Waals surface area (Å²) in [5, 5.41) is 1.11. The van der Waals surface area contributed by atoms with Gasteiger partial charge < -0.3 is 9.30 Å². The van der Waals surface area contributed by atoms with E-state index in [0.717, 1.165) is 72.8 Å². The second kappa shape index (κ2) is 10.6. The molecule has 0 radical (unpaired) electrons. The molecule has 1 aliphatic heterocycles. The average molecular weight is 739 g/mol. The van der Waals surface area contributed by atoms with Crippen molar-refractivity contribution in [3.63, 3.8) is 0 Å². The summed E-state index contributed by atoms with van der Waals surface area (Å²) in [7, 11) is 0. The zero-order chi connectivity index (χ0) is 37.7. The second-order valence-corrected chi connectivity index (χ2v) is 15.8. The van der Waals surface area contributed by atoms with E-state index < -0.39 is 10.8 Å². The summed E-state index contributed by atoms with van der Waals surface area (Å²) in [4.78, 5) is 15.3. The molecule has 14 rings (SSSR count). The summed E-state index contributed by atoms with van der Waals surface area (Å²) in [5.41, 5.74) is 19.1. The number of para-hydroxylation sites is 2. The van der Waals surface area contributed by atoms with E-state index in [1.54, 1.807) is 0 Å². The first-order valence-corrected chi connectivity index (χ1v) is 19.8. The molecule has 3 aliphatic carbocycles. The Morgan fingerprint density at radius 1 is 0.397 bits per heavy atom. The van der Waals surface area contributed by atoms with Crippen LogP contribution in [0, 0.1) is 0 Å². The molecule has 1 unspecified atom stereocenters. The minimum Gasteiger partial charge on any atom is -0.457 e.